The molecule has 2 nitrogen and oxygen atoms in total. The van der Waals surface area contributed by atoms with Crippen LogP contribution in [0.4, 0.5) is 0 Å². The molecule has 3 saturated heterocycles. The summed E-state index contributed by atoms with van der Waals surface area (Å²) >= 11 is 0. The maximum absolute atomic E-state index is 14.0. The molecule has 3 unspecified atom stereocenters. The first-order valence-corrected chi connectivity index (χ1v) is 10.8. The summed E-state index contributed by atoms with van der Waals surface area (Å²) in [5, 5.41) is 0. The summed E-state index contributed by atoms with van der Waals surface area (Å²) in [4.78, 5) is 16.5. The van der Waals surface area contributed by atoms with Crippen molar-refractivity contribution in [2.45, 2.75) is 46.1 Å². The van der Waals surface area contributed by atoms with Gasteiger partial charge in [-0.2, -0.15) is 0 Å². The van der Waals surface area contributed by atoms with Gasteiger partial charge >= 0.3 is 0 Å². The largest absolute Gasteiger partial charge is 0.298 e. The van der Waals surface area contributed by atoms with Gasteiger partial charge in [0.1, 0.15) is 0 Å². The number of nitrogens with zero attached hydrogens (tertiary/aromatic N) is 1. The third kappa shape index (κ3) is 2.93. The number of carbonyl (C=O) groups excluding carboxylic acids is 1. The average Bonchev–Trinajstić information content (AvgIpc) is 2.71. The molecule has 3 aliphatic heterocycles. The summed E-state index contributed by atoms with van der Waals surface area (Å²) in [5.41, 5.74) is 2.60. The van der Waals surface area contributed by atoms with E-state index in [1.807, 2.05) is 0 Å². The van der Waals surface area contributed by atoms with Crippen LogP contribution >= 0.6 is 0 Å². The van der Waals surface area contributed by atoms with Gasteiger partial charge in [0.25, 0.3) is 0 Å². The molecule has 3 heterocycles. The monoisotopic (exact) mass is 375 g/mol. The highest BCUT2D eigenvalue weighted by Crippen LogP contribution is 2.54. The molecule has 0 aliphatic carbocycles. The zero-order valence-corrected chi connectivity index (χ0v) is 17.6. The van der Waals surface area contributed by atoms with Gasteiger partial charge in [-0.3, -0.25) is 9.69 Å². The van der Waals surface area contributed by atoms with E-state index in [1.165, 1.54) is 11.1 Å². The lowest BCUT2D eigenvalue weighted by molar-refractivity contribution is -0.162. The van der Waals surface area contributed by atoms with E-state index >= 15 is 0 Å². The van der Waals surface area contributed by atoms with Crippen LogP contribution in [0.15, 0.2) is 60.7 Å². The van der Waals surface area contributed by atoms with E-state index in [1.54, 1.807) is 0 Å². The van der Waals surface area contributed by atoms with E-state index in [4.69, 9.17) is 0 Å². The Morgan fingerprint density at radius 2 is 1.36 bits per heavy atom. The summed E-state index contributed by atoms with van der Waals surface area (Å²) in [5.74, 6) is 1.78. The number of ketones is 1. The molecule has 0 amide bonds. The Hall–Kier alpha value is -1.93. The molecule has 0 aromatic heterocycles. The Labute approximate surface area is 170 Å². The number of rotatable bonds is 5. The van der Waals surface area contributed by atoms with Crippen molar-refractivity contribution in [2.75, 3.05) is 13.1 Å². The van der Waals surface area contributed by atoms with Crippen molar-refractivity contribution in [2.24, 2.45) is 23.2 Å². The van der Waals surface area contributed by atoms with Crippen LogP contribution < -0.4 is 0 Å². The number of hydrogen-bond acceptors (Lipinski definition) is 2. The number of benzene rings is 2. The molecule has 28 heavy (non-hydrogen) atoms. The van der Waals surface area contributed by atoms with Gasteiger partial charge in [0.2, 0.25) is 0 Å². The van der Waals surface area contributed by atoms with Gasteiger partial charge in [0, 0.05) is 18.4 Å². The van der Waals surface area contributed by atoms with E-state index in [0.717, 1.165) is 19.5 Å². The molecule has 0 radical (unpaired) electrons. The summed E-state index contributed by atoms with van der Waals surface area (Å²) in [6, 6.07) is 21.2. The molecule has 0 N–H and O–H groups in total. The second-order valence-electron chi connectivity index (χ2n) is 9.38. The predicted molar refractivity (Wildman–Crippen MR) is 115 cm³/mol. The quantitative estimate of drug-likeness (QED) is 0.698. The SMILES string of the molecule is CC(C)C1(C(C)C)CN2CCC1C(=O)C2C(c1ccccc1)c1ccccc1. The highest BCUT2D eigenvalue weighted by molar-refractivity contribution is 5.90. The molecule has 3 atom stereocenters. The molecule has 5 rings (SSSR count). The third-order valence-electron chi connectivity index (χ3n) is 7.64. The van der Waals surface area contributed by atoms with Gasteiger partial charge in [-0.05, 0) is 41.3 Å². The van der Waals surface area contributed by atoms with Crippen molar-refractivity contribution in [1.29, 1.82) is 0 Å². The van der Waals surface area contributed by atoms with Gasteiger partial charge in [-0.1, -0.05) is 88.4 Å². The second kappa shape index (κ2) is 7.48. The molecule has 3 aliphatic rings. The smallest absolute Gasteiger partial charge is 0.154 e. The lowest BCUT2D eigenvalue weighted by atomic mass is 9.53. The number of fused-ring (bicyclic) bond motifs is 3. The van der Waals surface area contributed by atoms with Crippen molar-refractivity contribution < 1.29 is 4.79 Å². The summed E-state index contributed by atoms with van der Waals surface area (Å²) in [6.07, 6.45) is 1.02. The lowest BCUT2D eigenvalue weighted by Crippen LogP contribution is -2.68. The third-order valence-corrected chi connectivity index (χ3v) is 7.64. The van der Waals surface area contributed by atoms with Gasteiger partial charge in [-0.25, -0.2) is 0 Å². The van der Waals surface area contributed by atoms with E-state index in [-0.39, 0.29) is 23.3 Å². The topological polar surface area (TPSA) is 20.3 Å². The van der Waals surface area contributed by atoms with Gasteiger partial charge in [-0.15, -0.1) is 0 Å². The fourth-order valence-electron chi connectivity index (χ4n) is 6.22. The average molecular weight is 376 g/mol. The summed E-state index contributed by atoms with van der Waals surface area (Å²) in [7, 11) is 0. The molecular formula is C26H33NO. The fourth-order valence-corrected chi connectivity index (χ4v) is 6.22. The van der Waals surface area contributed by atoms with E-state index in [0.29, 0.717) is 17.6 Å². The van der Waals surface area contributed by atoms with E-state index in [9.17, 15) is 4.79 Å². The summed E-state index contributed by atoms with van der Waals surface area (Å²) < 4.78 is 0. The zero-order valence-electron chi connectivity index (χ0n) is 17.6. The molecule has 148 valence electrons. The first-order valence-electron chi connectivity index (χ1n) is 10.8. The van der Waals surface area contributed by atoms with Crippen LogP contribution in [0.1, 0.15) is 51.2 Å². The Morgan fingerprint density at radius 1 is 0.857 bits per heavy atom. The van der Waals surface area contributed by atoms with Crippen LogP contribution in [0.5, 0.6) is 0 Å². The van der Waals surface area contributed by atoms with Crippen LogP contribution in [0, 0.1) is 23.2 Å². The molecule has 0 saturated carbocycles. The molecular weight excluding hydrogens is 342 g/mol. The standard InChI is InChI=1S/C26H33NO/c1-18(2)26(19(3)4)17-27-16-15-22(26)25(28)24(27)23(20-11-7-5-8-12-20)21-13-9-6-10-14-21/h5-14,18-19,22-24H,15-17H2,1-4H3. The maximum Gasteiger partial charge on any atom is 0.154 e. The Morgan fingerprint density at radius 3 is 1.79 bits per heavy atom. The number of piperidine rings is 3. The normalized spacial score (nSPS) is 26.4. The van der Waals surface area contributed by atoms with Gasteiger partial charge < -0.3 is 0 Å². The Balaban J connectivity index is 1.79. The van der Waals surface area contributed by atoms with Crippen LogP contribution in [-0.4, -0.2) is 29.8 Å². The van der Waals surface area contributed by atoms with Crippen molar-refractivity contribution in [1.82, 2.24) is 4.90 Å². The highest BCUT2D eigenvalue weighted by Gasteiger charge is 2.59. The van der Waals surface area contributed by atoms with Crippen molar-refractivity contribution >= 4 is 5.78 Å². The van der Waals surface area contributed by atoms with Crippen LogP contribution in [-0.2, 0) is 4.79 Å². The number of carbonyl (C=O) groups is 1. The molecule has 2 aromatic carbocycles. The molecule has 3 fully saturated rings. The van der Waals surface area contributed by atoms with Gasteiger partial charge in [0.15, 0.2) is 5.78 Å². The molecule has 0 spiro atoms. The first kappa shape index (κ1) is 19.4. The summed E-state index contributed by atoms with van der Waals surface area (Å²) in [6.45, 7) is 11.3. The molecule has 2 bridgehead atoms. The Bertz CT molecular complexity index is 763. The fraction of sp³-hybridized carbons (Fsp3) is 0.500. The number of Topliss-reactive ketones (excluding diaryl/α,β-unsaturated/α-hetero) is 1. The van der Waals surface area contributed by atoms with Crippen molar-refractivity contribution in [3.05, 3.63) is 71.8 Å². The van der Waals surface area contributed by atoms with E-state index < -0.39 is 0 Å². The minimum absolute atomic E-state index is 0.0471. The minimum atomic E-state index is -0.0471. The van der Waals surface area contributed by atoms with Crippen LogP contribution in [0.3, 0.4) is 0 Å². The van der Waals surface area contributed by atoms with Crippen LogP contribution in [0.2, 0.25) is 0 Å². The zero-order chi connectivity index (χ0) is 19.9. The van der Waals surface area contributed by atoms with Crippen molar-refractivity contribution in [3.8, 4) is 0 Å². The predicted octanol–water partition coefficient (Wildman–Crippen LogP) is 5.39. The second-order valence-corrected chi connectivity index (χ2v) is 9.38. The molecule has 2 heteroatoms. The van der Waals surface area contributed by atoms with E-state index in [2.05, 4.69) is 93.3 Å². The van der Waals surface area contributed by atoms with Gasteiger partial charge in [0.05, 0.1) is 6.04 Å². The molecule has 2 aromatic rings. The van der Waals surface area contributed by atoms with Crippen LogP contribution in [0.25, 0.3) is 0 Å². The first-order chi connectivity index (χ1) is 13.5. The lowest BCUT2D eigenvalue weighted by Gasteiger charge is -2.60. The van der Waals surface area contributed by atoms with Crippen molar-refractivity contribution in [3.63, 3.8) is 0 Å². The number of hydrogen-bond donors (Lipinski definition) is 0. The highest BCUT2D eigenvalue weighted by atomic mass is 16.1. The minimum Gasteiger partial charge on any atom is -0.298 e. The maximum atomic E-state index is 14.0. The Kier molecular flexibility index (Phi) is 5.18.